The molecule has 0 bridgehead atoms. The Hall–Kier alpha value is -2.61. The molecule has 1 unspecified atom stereocenters. The summed E-state index contributed by atoms with van der Waals surface area (Å²) in [6.45, 7) is 5.63. The van der Waals surface area contributed by atoms with E-state index in [1.165, 1.54) is 12.3 Å². The Labute approximate surface area is 193 Å². The Morgan fingerprint density at radius 2 is 2.19 bits per heavy atom. The Kier molecular flexibility index (Phi) is 6.16. The molecule has 8 nitrogen and oxygen atoms in total. The molecule has 1 saturated carbocycles. The first-order chi connectivity index (χ1) is 15.2. The first kappa shape index (κ1) is 22.6. The van der Waals surface area contributed by atoms with Gasteiger partial charge in [-0.15, -0.1) is 5.10 Å². The number of amides is 2. The fourth-order valence-electron chi connectivity index (χ4n) is 4.97. The van der Waals surface area contributed by atoms with E-state index in [0.717, 1.165) is 42.8 Å². The quantitative estimate of drug-likeness (QED) is 0.697. The molecule has 0 radical (unpaired) electrons. The molecule has 1 aromatic rings. The lowest BCUT2D eigenvalue weighted by Gasteiger charge is -2.38. The molecule has 4 rings (SSSR count). The molecular weight excluding hydrogens is 430 g/mol. The number of allylic oxidation sites excluding steroid dienone is 4. The first-order valence-electron chi connectivity index (χ1n) is 11.1. The number of urea groups is 1. The molecule has 2 aliphatic carbocycles. The molecule has 1 aromatic heterocycles. The van der Waals surface area contributed by atoms with Crippen LogP contribution in [0, 0.1) is 11.3 Å². The van der Waals surface area contributed by atoms with Crippen molar-refractivity contribution in [1.29, 1.82) is 0 Å². The Morgan fingerprint density at radius 3 is 2.91 bits per heavy atom. The van der Waals surface area contributed by atoms with Crippen molar-refractivity contribution in [1.82, 2.24) is 20.4 Å². The van der Waals surface area contributed by atoms with E-state index in [1.807, 2.05) is 18.9 Å². The highest BCUT2D eigenvalue weighted by atomic mass is 35.5. The molecule has 2 fully saturated rings. The minimum Gasteiger partial charge on any atom is -0.478 e. The van der Waals surface area contributed by atoms with Crippen LogP contribution in [0.5, 0.6) is 0 Å². The average Bonchev–Trinajstić information content (AvgIpc) is 3.56. The van der Waals surface area contributed by atoms with E-state index in [0.29, 0.717) is 18.3 Å². The lowest BCUT2D eigenvalue weighted by Crippen LogP contribution is -2.52. The highest BCUT2D eigenvalue weighted by Gasteiger charge is 2.50. The normalized spacial score (nSPS) is 29.6. The molecule has 32 heavy (non-hydrogen) atoms. The van der Waals surface area contributed by atoms with Gasteiger partial charge in [0.2, 0.25) is 0 Å². The minimum atomic E-state index is -1.03. The number of piperidine rings is 1. The van der Waals surface area contributed by atoms with Gasteiger partial charge in [0.1, 0.15) is 0 Å². The molecule has 2 heterocycles. The fourth-order valence-corrected chi connectivity index (χ4v) is 5.10. The van der Waals surface area contributed by atoms with E-state index < -0.39 is 5.97 Å². The van der Waals surface area contributed by atoms with E-state index in [9.17, 15) is 14.7 Å². The van der Waals surface area contributed by atoms with Crippen molar-refractivity contribution in [3.8, 4) is 0 Å². The van der Waals surface area contributed by atoms with Gasteiger partial charge in [-0.3, -0.25) is 0 Å². The predicted molar refractivity (Wildman–Crippen MR) is 123 cm³/mol. The number of carboxylic acids is 1. The molecule has 172 valence electrons. The molecule has 4 atom stereocenters. The van der Waals surface area contributed by atoms with Crippen LogP contribution in [0.1, 0.15) is 49.9 Å². The molecule has 1 aliphatic heterocycles. The third kappa shape index (κ3) is 4.60. The second-order valence-corrected chi connectivity index (χ2v) is 9.86. The largest absolute Gasteiger partial charge is 0.478 e. The van der Waals surface area contributed by atoms with Gasteiger partial charge in [0.15, 0.2) is 5.82 Å². The molecular formula is C23H30ClN5O3. The highest BCUT2D eigenvalue weighted by molar-refractivity contribution is 6.32. The number of nitrogens with zero attached hydrogens (tertiary/aromatic N) is 4. The van der Waals surface area contributed by atoms with Crippen LogP contribution in [0.4, 0.5) is 10.6 Å². The Morgan fingerprint density at radius 1 is 1.41 bits per heavy atom. The van der Waals surface area contributed by atoms with Gasteiger partial charge in [0.25, 0.3) is 0 Å². The Bertz CT molecular complexity index is 980. The van der Waals surface area contributed by atoms with Gasteiger partial charge >= 0.3 is 12.0 Å². The molecule has 2 N–H and O–H groups in total. The van der Waals surface area contributed by atoms with Gasteiger partial charge in [-0.05, 0) is 55.6 Å². The molecule has 1 saturated heterocycles. The third-order valence-corrected chi connectivity index (χ3v) is 7.52. The van der Waals surface area contributed by atoms with Gasteiger partial charge in [0.05, 0.1) is 17.8 Å². The molecule has 0 aromatic carbocycles. The topological polar surface area (TPSA) is 98.7 Å². The number of carboxylic acid groups (broad SMARTS) is 1. The molecule has 2 amide bonds. The highest BCUT2D eigenvalue weighted by Crippen LogP contribution is 2.51. The van der Waals surface area contributed by atoms with Gasteiger partial charge in [-0.1, -0.05) is 30.7 Å². The number of halogens is 1. The van der Waals surface area contributed by atoms with Crippen LogP contribution < -0.4 is 10.2 Å². The summed E-state index contributed by atoms with van der Waals surface area (Å²) in [5, 5.41) is 21.2. The number of nitrogens with one attached hydrogen (secondary N) is 1. The molecule has 9 heteroatoms. The summed E-state index contributed by atoms with van der Waals surface area (Å²) < 4.78 is 0. The number of hydrogen-bond donors (Lipinski definition) is 2. The van der Waals surface area contributed by atoms with Crippen LogP contribution in [-0.2, 0) is 0 Å². The van der Waals surface area contributed by atoms with Gasteiger partial charge in [0, 0.05) is 31.2 Å². The summed E-state index contributed by atoms with van der Waals surface area (Å²) in [6, 6.07) is 1.66. The van der Waals surface area contributed by atoms with E-state index in [-0.39, 0.29) is 29.1 Å². The second kappa shape index (κ2) is 8.73. The summed E-state index contributed by atoms with van der Waals surface area (Å²) in [5.41, 5.74) is 1.24. The molecule has 0 spiro atoms. The monoisotopic (exact) mass is 459 g/mol. The van der Waals surface area contributed by atoms with Crippen molar-refractivity contribution in [3.05, 3.63) is 40.6 Å². The number of likely N-dealkylation sites (N-methyl/N-ethyl adjacent to an activating group) is 1. The average molecular weight is 460 g/mol. The number of anilines is 1. The number of aromatic nitrogens is 2. The molecule has 3 aliphatic rings. The second-order valence-electron chi connectivity index (χ2n) is 9.45. The van der Waals surface area contributed by atoms with Crippen LogP contribution in [0.3, 0.4) is 0 Å². The summed E-state index contributed by atoms with van der Waals surface area (Å²) in [5.74, 6) is -0.0860. The van der Waals surface area contributed by atoms with Crippen molar-refractivity contribution < 1.29 is 14.7 Å². The SMILES string of the molecule is CC1=CC(C)([C@H]2C[C@@H]2NC(=O)N(C)[C@@H]2CCCN(c3cc(C(=O)O)cnn3)C2)CC=C1Cl. The Balaban J connectivity index is 1.34. The number of carbonyl (C=O) groups excluding carboxylic acids is 1. The number of aromatic carboxylic acids is 1. The smallest absolute Gasteiger partial charge is 0.337 e. The van der Waals surface area contributed by atoms with E-state index in [4.69, 9.17) is 11.6 Å². The van der Waals surface area contributed by atoms with Crippen LogP contribution in [0.15, 0.2) is 35.0 Å². The van der Waals surface area contributed by atoms with E-state index in [1.54, 1.807) is 4.90 Å². The van der Waals surface area contributed by atoms with Crippen LogP contribution >= 0.6 is 11.6 Å². The standard InChI is InChI=1S/C23H30ClN5O3/c1-14-11-23(2,7-6-18(14)24)17-10-19(17)26-22(32)28(3)16-5-4-8-29(13-16)20-9-15(21(30)31)12-25-27-20/h6,9,11-12,16-17,19H,4-5,7-8,10,13H2,1-3H3,(H,26,32)(H,30,31)/t16-,17+,19+,23?/m1/s1. The van der Waals surface area contributed by atoms with Crippen LogP contribution in [0.25, 0.3) is 0 Å². The van der Waals surface area contributed by atoms with Crippen LogP contribution in [0.2, 0.25) is 0 Å². The lowest BCUT2D eigenvalue weighted by atomic mass is 9.77. The van der Waals surface area contributed by atoms with Gasteiger partial charge in [-0.25, -0.2) is 9.59 Å². The maximum Gasteiger partial charge on any atom is 0.337 e. The van der Waals surface area contributed by atoms with Crippen molar-refractivity contribution in [2.45, 2.75) is 51.6 Å². The van der Waals surface area contributed by atoms with Crippen molar-refractivity contribution >= 4 is 29.4 Å². The van der Waals surface area contributed by atoms with E-state index >= 15 is 0 Å². The van der Waals surface area contributed by atoms with Gasteiger partial charge in [-0.2, -0.15) is 5.10 Å². The zero-order chi connectivity index (χ0) is 23.0. The zero-order valence-corrected chi connectivity index (χ0v) is 19.5. The number of carbonyl (C=O) groups is 2. The predicted octanol–water partition coefficient (Wildman–Crippen LogP) is 3.65. The fraction of sp³-hybridized carbons (Fsp3) is 0.565. The summed E-state index contributed by atoms with van der Waals surface area (Å²) in [4.78, 5) is 28.0. The van der Waals surface area contributed by atoms with Gasteiger partial charge < -0.3 is 20.2 Å². The van der Waals surface area contributed by atoms with Crippen molar-refractivity contribution in [2.75, 3.05) is 25.0 Å². The van der Waals surface area contributed by atoms with Crippen molar-refractivity contribution in [3.63, 3.8) is 0 Å². The maximum atomic E-state index is 13.0. The third-order valence-electron chi connectivity index (χ3n) is 7.07. The van der Waals surface area contributed by atoms with Crippen molar-refractivity contribution in [2.24, 2.45) is 11.3 Å². The summed E-state index contributed by atoms with van der Waals surface area (Å²) in [7, 11) is 1.83. The lowest BCUT2D eigenvalue weighted by molar-refractivity contribution is 0.0696. The zero-order valence-electron chi connectivity index (χ0n) is 18.7. The summed E-state index contributed by atoms with van der Waals surface area (Å²) >= 11 is 6.22. The number of hydrogen-bond acceptors (Lipinski definition) is 5. The minimum absolute atomic E-state index is 0.0189. The first-order valence-corrected chi connectivity index (χ1v) is 11.5. The van der Waals surface area contributed by atoms with Crippen LogP contribution in [-0.4, -0.2) is 64.4 Å². The number of rotatable bonds is 5. The van der Waals surface area contributed by atoms with E-state index in [2.05, 4.69) is 34.6 Å². The summed E-state index contributed by atoms with van der Waals surface area (Å²) in [6.07, 6.45) is 9.22. The maximum absolute atomic E-state index is 13.0.